The predicted molar refractivity (Wildman–Crippen MR) is 70.1 cm³/mol. The molecular weight excluding hydrogens is 247 g/mol. The molecule has 0 radical (unpaired) electrons. The maximum absolute atomic E-state index is 13.8. The van der Waals surface area contributed by atoms with E-state index in [1.165, 1.54) is 25.4 Å². The summed E-state index contributed by atoms with van der Waals surface area (Å²) in [5.41, 5.74) is 7.76. The number of esters is 1. The topological polar surface area (TPSA) is 65.2 Å². The van der Waals surface area contributed by atoms with E-state index in [2.05, 4.69) is 9.72 Å². The Hall–Kier alpha value is -2.43. The molecule has 2 aromatic rings. The fourth-order valence-corrected chi connectivity index (χ4v) is 1.76. The summed E-state index contributed by atoms with van der Waals surface area (Å²) in [6.45, 7) is 1.86. The summed E-state index contributed by atoms with van der Waals surface area (Å²) in [5, 5.41) is 0. The summed E-state index contributed by atoms with van der Waals surface area (Å²) in [4.78, 5) is 15.3. The molecule has 0 atom stereocenters. The van der Waals surface area contributed by atoms with Crippen molar-refractivity contribution >= 4 is 11.7 Å². The third-order valence-electron chi connectivity index (χ3n) is 2.73. The van der Waals surface area contributed by atoms with Crippen molar-refractivity contribution in [3.63, 3.8) is 0 Å². The van der Waals surface area contributed by atoms with Crippen molar-refractivity contribution in [1.82, 2.24) is 4.98 Å². The van der Waals surface area contributed by atoms with Crippen LogP contribution < -0.4 is 5.73 Å². The van der Waals surface area contributed by atoms with Gasteiger partial charge in [0, 0.05) is 17.3 Å². The summed E-state index contributed by atoms with van der Waals surface area (Å²) in [7, 11) is 1.25. The first-order valence-electron chi connectivity index (χ1n) is 5.63. The van der Waals surface area contributed by atoms with E-state index in [0.29, 0.717) is 11.1 Å². The number of pyridine rings is 1. The van der Waals surface area contributed by atoms with Gasteiger partial charge >= 0.3 is 5.97 Å². The average molecular weight is 260 g/mol. The van der Waals surface area contributed by atoms with E-state index >= 15 is 0 Å². The molecule has 1 aromatic heterocycles. The minimum Gasteiger partial charge on any atom is -0.464 e. The van der Waals surface area contributed by atoms with E-state index in [-0.39, 0.29) is 17.2 Å². The van der Waals surface area contributed by atoms with E-state index in [9.17, 15) is 9.18 Å². The van der Waals surface area contributed by atoms with Gasteiger partial charge in [0.2, 0.25) is 0 Å². The lowest BCUT2D eigenvalue weighted by atomic mass is 10.0. The van der Waals surface area contributed by atoms with Crippen molar-refractivity contribution in [3.8, 4) is 11.1 Å². The Kier molecular flexibility index (Phi) is 3.46. The van der Waals surface area contributed by atoms with Crippen molar-refractivity contribution in [2.24, 2.45) is 0 Å². The van der Waals surface area contributed by atoms with Gasteiger partial charge < -0.3 is 10.5 Å². The van der Waals surface area contributed by atoms with Gasteiger partial charge in [-0.05, 0) is 25.1 Å². The van der Waals surface area contributed by atoms with Crippen molar-refractivity contribution in [2.45, 2.75) is 6.92 Å². The number of nitrogen functional groups attached to an aromatic ring is 1. The molecule has 0 spiro atoms. The summed E-state index contributed by atoms with van der Waals surface area (Å²) >= 11 is 0. The Morgan fingerprint density at radius 1 is 1.37 bits per heavy atom. The van der Waals surface area contributed by atoms with Crippen LogP contribution in [0.3, 0.4) is 0 Å². The number of hydrogen-bond acceptors (Lipinski definition) is 4. The molecule has 0 fully saturated rings. The lowest BCUT2D eigenvalue weighted by Gasteiger charge is -2.08. The van der Waals surface area contributed by atoms with E-state index in [1.54, 1.807) is 12.1 Å². The van der Waals surface area contributed by atoms with Crippen molar-refractivity contribution in [2.75, 3.05) is 12.8 Å². The zero-order valence-electron chi connectivity index (χ0n) is 10.6. The fraction of sp³-hybridized carbons (Fsp3) is 0.143. The lowest BCUT2D eigenvalue weighted by Crippen LogP contribution is -2.08. The number of aromatic nitrogens is 1. The van der Waals surface area contributed by atoms with Crippen molar-refractivity contribution in [3.05, 3.63) is 47.5 Å². The molecule has 19 heavy (non-hydrogen) atoms. The molecule has 98 valence electrons. The highest BCUT2D eigenvalue weighted by molar-refractivity contribution is 5.93. The Morgan fingerprint density at radius 3 is 2.74 bits per heavy atom. The first kappa shape index (κ1) is 13.0. The Morgan fingerprint density at radius 2 is 2.11 bits per heavy atom. The van der Waals surface area contributed by atoms with E-state index in [4.69, 9.17) is 5.73 Å². The Balaban J connectivity index is 2.50. The molecule has 0 aliphatic carbocycles. The molecule has 0 unspecified atom stereocenters. The molecule has 0 aliphatic rings. The van der Waals surface area contributed by atoms with Gasteiger partial charge in [0.05, 0.1) is 12.8 Å². The number of aryl methyl sites for hydroxylation is 1. The van der Waals surface area contributed by atoms with Crippen LogP contribution in [0.5, 0.6) is 0 Å². The standard InChI is InChI=1S/C14H13FN2O2/c1-8-3-4-11(15)10(5-8)9-6-12(16)13(17-7-9)14(18)19-2/h3-7H,16H2,1-2H3. The highest BCUT2D eigenvalue weighted by Crippen LogP contribution is 2.26. The molecule has 0 aliphatic heterocycles. The second-order valence-corrected chi connectivity index (χ2v) is 4.14. The summed E-state index contributed by atoms with van der Waals surface area (Å²) in [6.07, 6.45) is 1.40. The van der Waals surface area contributed by atoms with Gasteiger partial charge in [0.1, 0.15) is 5.82 Å². The monoisotopic (exact) mass is 260 g/mol. The molecule has 2 N–H and O–H groups in total. The molecule has 4 nitrogen and oxygen atoms in total. The zero-order valence-corrected chi connectivity index (χ0v) is 10.6. The number of carbonyl (C=O) groups is 1. The molecule has 0 bridgehead atoms. The maximum Gasteiger partial charge on any atom is 0.358 e. The smallest absolute Gasteiger partial charge is 0.358 e. The van der Waals surface area contributed by atoms with Crippen LogP contribution in [-0.4, -0.2) is 18.1 Å². The first-order valence-corrected chi connectivity index (χ1v) is 5.63. The predicted octanol–water partition coefficient (Wildman–Crippen LogP) is 2.56. The molecule has 1 heterocycles. The maximum atomic E-state index is 13.8. The van der Waals surface area contributed by atoms with Gasteiger partial charge in [0.25, 0.3) is 0 Å². The van der Waals surface area contributed by atoms with E-state index in [1.807, 2.05) is 6.92 Å². The third-order valence-corrected chi connectivity index (χ3v) is 2.73. The molecule has 1 aromatic carbocycles. The van der Waals surface area contributed by atoms with Crippen LogP contribution in [0.4, 0.5) is 10.1 Å². The van der Waals surface area contributed by atoms with Gasteiger partial charge in [-0.15, -0.1) is 0 Å². The number of rotatable bonds is 2. The fourth-order valence-electron chi connectivity index (χ4n) is 1.76. The summed E-state index contributed by atoms with van der Waals surface area (Å²) in [6, 6.07) is 6.27. The molecule has 0 saturated heterocycles. The number of carbonyl (C=O) groups excluding carboxylic acids is 1. The Labute approximate surface area is 110 Å². The number of ether oxygens (including phenoxy) is 1. The minimum absolute atomic E-state index is 0.0271. The van der Waals surface area contributed by atoms with Crippen molar-refractivity contribution in [1.29, 1.82) is 0 Å². The van der Waals surface area contributed by atoms with Crippen LogP contribution in [0.2, 0.25) is 0 Å². The molecule has 0 amide bonds. The second kappa shape index (κ2) is 5.06. The molecular formula is C14H13FN2O2. The lowest BCUT2D eigenvalue weighted by molar-refractivity contribution is 0.0595. The van der Waals surface area contributed by atoms with Crippen LogP contribution in [0.15, 0.2) is 30.5 Å². The van der Waals surface area contributed by atoms with Gasteiger partial charge in [-0.3, -0.25) is 0 Å². The van der Waals surface area contributed by atoms with Crippen molar-refractivity contribution < 1.29 is 13.9 Å². The highest BCUT2D eigenvalue weighted by Gasteiger charge is 2.14. The molecule has 5 heteroatoms. The van der Waals surface area contributed by atoms with Crippen LogP contribution in [-0.2, 0) is 4.74 Å². The second-order valence-electron chi connectivity index (χ2n) is 4.14. The zero-order chi connectivity index (χ0) is 14.0. The quantitative estimate of drug-likeness (QED) is 0.843. The van der Waals surface area contributed by atoms with Gasteiger partial charge in [-0.25, -0.2) is 14.2 Å². The van der Waals surface area contributed by atoms with E-state index < -0.39 is 5.97 Å². The summed E-state index contributed by atoms with van der Waals surface area (Å²) in [5.74, 6) is -0.980. The van der Waals surface area contributed by atoms with Crippen LogP contribution in [0.1, 0.15) is 16.1 Å². The Bertz CT molecular complexity index is 641. The van der Waals surface area contributed by atoms with Gasteiger partial charge in [-0.2, -0.15) is 0 Å². The summed E-state index contributed by atoms with van der Waals surface area (Å²) < 4.78 is 18.3. The van der Waals surface area contributed by atoms with Crippen LogP contribution in [0.25, 0.3) is 11.1 Å². The first-order chi connectivity index (χ1) is 9.02. The number of nitrogens with zero attached hydrogens (tertiary/aromatic N) is 1. The van der Waals surface area contributed by atoms with Crippen LogP contribution in [0, 0.1) is 12.7 Å². The van der Waals surface area contributed by atoms with Gasteiger partial charge in [-0.1, -0.05) is 11.6 Å². The van der Waals surface area contributed by atoms with E-state index in [0.717, 1.165) is 5.56 Å². The largest absolute Gasteiger partial charge is 0.464 e. The van der Waals surface area contributed by atoms with Crippen LogP contribution >= 0.6 is 0 Å². The number of nitrogens with two attached hydrogens (primary N) is 1. The number of methoxy groups -OCH3 is 1. The molecule has 2 rings (SSSR count). The average Bonchev–Trinajstić information content (AvgIpc) is 2.40. The highest BCUT2D eigenvalue weighted by atomic mass is 19.1. The van der Waals surface area contributed by atoms with Gasteiger partial charge in [0.15, 0.2) is 5.69 Å². The number of halogens is 1. The minimum atomic E-state index is -0.617. The molecule has 0 saturated carbocycles. The number of anilines is 1. The number of hydrogen-bond donors (Lipinski definition) is 1. The third kappa shape index (κ3) is 2.54. The normalized spacial score (nSPS) is 10.3. The SMILES string of the molecule is COC(=O)c1ncc(-c2cc(C)ccc2F)cc1N. The number of benzene rings is 1.